The molecule has 0 unspecified atom stereocenters. The Hall–Kier alpha value is -1.33. The number of hydrogen-bond acceptors (Lipinski definition) is 3. The molecule has 0 saturated carbocycles. The summed E-state index contributed by atoms with van der Waals surface area (Å²) in [4.78, 5) is 16.3. The van der Waals surface area contributed by atoms with Crippen LogP contribution in [0, 0.1) is 0 Å². The lowest BCUT2D eigenvalue weighted by Crippen LogP contribution is -2.41. The highest BCUT2D eigenvalue weighted by atomic mass is 28.4. The highest BCUT2D eigenvalue weighted by Crippen LogP contribution is 2.37. The minimum Gasteiger partial charge on any atom is -0.478 e. The smallest absolute Gasteiger partial charge is 0.339 e. The van der Waals surface area contributed by atoms with Crippen molar-refractivity contribution < 1.29 is 19.4 Å². The van der Waals surface area contributed by atoms with E-state index >= 15 is 0 Å². The van der Waals surface area contributed by atoms with Gasteiger partial charge in [-0.15, -0.1) is 0 Å². The Labute approximate surface area is 109 Å². The molecule has 0 amide bonds. The molecule has 0 spiro atoms. The van der Waals surface area contributed by atoms with Crippen molar-refractivity contribution in [2.45, 2.75) is 38.9 Å². The lowest BCUT2D eigenvalue weighted by molar-refractivity contribution is -0.117. The molecule has 0 aliphatic heterocycles. The minimum absolute atomic E-state index is 0.00513. The first-order chi connectivity index (χ1) is 8.15. The lowest BCUT2D eigenvalue weighted by Gasteiger charge is -2.34. The highest BCUT2D eigenvalue weighted by Gasteiger charge is 2.40. The van der Waals surface area contributed by atoms with Crippen molar-refractivity contribution in [1.82, 2.24) is 0 Å². The Bertz CT molecular complexity index is 435. The lowest BCUT2D eigenvalue weighted by atomic mass is 10.2. The average Bonchev–Trinajstić information content (AvgIpc) is 2.25. The van der Waals surface area contributed by atoms with E-state index in [4.69, 9.17) is 14.6 Å². The summed E-state index contributed by atoms with van der Waals surface area (Å²) < 4.78 is 5.55. The van der Waals surface area contributed by atoms with Gasteiger partial charge in [-0.2, -0.15) is 0 Å². The van der Waals surface area contributed by atoms with E-state index < -0.39 is 14.3 Å². The molecule has 5 heteroatoms. The van der Waals surface area contributed by atoms with Gasteiger partial charge >= 0.3 is 5.97 Å². The zero-order valence-corrected chi connectivity index (χ0v) is 12.5. The van der Waals surface area contributed by atoms with E-state index in [1.807, 2.05) is 13.1 Å². The van der Waals surface area contributed by atoms with Crippen LogP contribution in [-0.2, 0) is 4.58 Å². The van der Waals surface area contributed by atoms with Gasteiger partial charge in [0.05, 0.1) is 0 Å². The summed E-state index contributed by atoms with van der Waals surface area (Å²) in [6.45, 7) is 10.3. The molecule has 0 aromatic heterocycles. The molecule has 0 aliphatic rings. The highest BCUT2D eigenvalue weighted by molar-refractivity contribution is 6.73. The van der Waals surface area contributed by atoms with Crippen molar-refractivity contribution in [3.63, 3.8) is 0 Å². The van der Waals surface area contributed by atoms with Gasteiger partial charge in [0.2, 0.25) is 0 Å². The second-order valence-electron chi connectivity index (χ2n) is 5.73. The van der Waals surface area contributed by atoms with Crippen LogP contribution in [0.1, 0.15) is 31.1 Å². The van der Waals surface area contributed by atoms with Crippen LogP contribution in [0.15, 0.2) is 24.3 Å². The van der Waals surface area contributed by atoms with E-state index in [1.165, 1.54) is 6.07 Å². The molecule has 18 heavy (non-hydrogen) atoms. The van der Waals surface area contributed by atoms with Crippen molar-refractivity contribution in [2.75, 3.05) is 0 Å². The molecule has 0 radical (unpaired) electrons. The first kappa shape index (κ1) is 14.7. The molecule has 1 rings (SSSR count). The largest absolute Gasteiger partial charge is 0.478 e. The predicted octanol–water partition coefficient (Wildman–Crippen LogP) is 3.70. The molecule has 4 nitrogen and oxygen atoms in total. The van der Waals surface area contributed by atoms with Crippen LogP contribution < -0.4 is 4.89 Å². The SMILES string of the molecule is CC(C)(C)[Si](C)(C)OOc1ccccc1C(=O)O. The van der Waals surface area contributed by atoms with Crippen LogP contribution in [0.2, 0.25) is 18.1 Å². The topological polar surface area (TPSA) is 55.8 Å². The molecule has 1 aromatic carbocycles. The standard InChI is InChI=1S/C13H20O4Si/c1-13(2,3)18(4,5)17-16-11-9-7-6-8-10(11)12(14)15/h6-9H,1-5H3,(H,14,15). The Kier molecular flexibility index (Phi) is 4.19. The number of carboxylic acids is 1. The van der Waals surface area contributed by atoms with Crippen molar-refractivity contribution in [3.8, 4) is 5.75 Å². The van der Waals surface area contributed by atoms with Gasteiger partial charge in [-0.1, -0.05) is 32.9 Å². The van der Waals surface area contributed by atoms with Crippen LogP contribution in [-0.4, -0.2) is 19.4 Å². The molecule has 0 fully saturated rings. The summed E-state index contributed by atoms with van der Waals surface area (Å²) in [6.07, 6.45) is 0. The summed E-state index contributed by atoms with van der Waals surface area (Å²) in [5, 5.41) is 9.04. The molecule has 1 N–H and O–H groups in total. The first-order valence-corrected chi connectivity index (χ1v) is 8.74. The van der Waals surface area contributed by atoms with E-state index in [0.717, 1.165) is 0 Å². The summed E-state index contributed by atoms with van der Waals surface area (Å²) >= 11 is 0. The van der Waals surface area contributed by atoms with Gasteiger partial charge in [-0.25, -0.2) is 9.37 Å². The van der Waals surface area contributed by atoms with Crippen LogP contribution in [0.4, 0.5) is 0 Å². The summed E-state index contributed by atoms with van der Waals surface area (Å²) in [6, 6.07) is 6.46. The number of para-hydroxylation sites is 1. The summed E-state index contributed by atoms with van der Waals surface area (Å²) in [5.41, 5.74) is 0.108. The second-order valence-corrected chi connectivity index (χ2v) is 10.4. The number of carbonyl (C=O) groups is 1. The zero-order chi connectivity index (χ0) is 14.0. The quantitative estimate of drug-likeness (QED) is 0.514. The number of hydrogen-bond donors (Lipinski definition) is 1. The van der Waals surface area contributed by atoms with Gasteiger partial charge in [0.15, 0.2) is 5.75 Å². The minimum atomic E-state index is -2.06. The van der Waals surface area contributed by atoms with Crippen LogP contribution >= 0.6 is 0 Å². The number of aromatic carboxylic acids is 1. The van der Waals surface area contributed by atoms with Crippen LogP contribution in [0.3, 0.4) is 0 Å². The molecule has 0 bridgehead atoms. The second kappa shape index (κ2) is 5.12. The Morgan fingerprint density at radius 1 is 1.22 bits per heavy atom. The normalized spacial score (nSPS) is 12.3. The molecule has 1 aromatic rings. The molecular weight excluding hydrogens is 248 g/mol. The van der Waals surface area contributed by atoms with Crippen molar-refractivity contribution in [3.05, 3.63) is 29.8 Å². The van der Waals surface area contributed by atoms with Gasteiger partial charge in [-0.3, -0.25) is 0 Å². The first-order valence-electron chi connectivity index (χ1n) is 5.83. The third kappa shape index (κ3) is 3.33. The fraction of sp³-hybridized carbons (Fsp3) is 0.462. The van der Waals surface area contributed by atoms with E-state index in [2.05, 4.69) is 20.8 Å². The van der Waals surface area contributed by atoms with Crippen LogP contribution in [0.25, 0.3) is 0 Å². The maximum Gasteiger partial charge on any atom is 0.339 e. The zero-order valence-electron chi connectivity index (χ0n) is 11.5. The monoisotopic (exact) mass is 268 g/mol. The summed E-state index contributed by atoms with van der Waals surface area (Å²) in [5.74, 6) is -0.778. The van der Waals surface area contributed by atoms with E-state index in [0.29, 0.717) is 0 Å². The number of carboxylic acid groups (broad SMARTS) is 1. The van der Waals surface area contributed by atoms with E-state index in [9.17, 15) is 4.79 Å². The van der Waals surface area contributed by atoms with Gasteiger partial charge in [0.1, 0.15) is 5.56 Å². The molecule has 0 atom stereocenters. The van der Waals surface area contributed by atoms with Crippen molar-refractivity contribution >= 4 is 14.3 Å². The Morgan fingerprint density at radius 3 is 2.28 bits per heavy atom. The fourth-order valence-corrected chi connectivity index (χ4v) is 1.54. The van der Waals surface area contributed by atoms with Gasteiger partial charge in [0.25, 0.3) is 8.32 Å². The molecular formula is C13H20O4Si. The van der Waals surface area contributed by atoms with E-state index in [1.54, 1.807) is 18.2 Å². The maximum absolute atomic E-state index is 11.0. The molecule has 0 aliphatic carbocycles. The molecule has 100 valence electrons. The fourth-order valence-electron chi connectivity index (χ4n) is 0.990. The van der Waals surface area contributed by atoms with Crippen molar-refractivity contribution in [1.29, 1.82) is 0 Å². The van der Waals surface area contributed by atoms with E-state index in [-0.39, 0.29) is 16.4 Å². The number of rotatable bonds is 4. The number of benzene rings is 1. The molecule has 0 saturated heterocycles. The summed E-state index contributed by atoms with van der Waals surface area (Å²) in [7, 11) is -2.06. The van der Waals surface area contributed by atoms with Crippen molar-refractivity contribution in [2.24, 2.45) is 0 Å². The van der Waals surface area contributed by atoms with Gasteiger partial charge < -0.3 is 9.99 Å². The average molecular weight is 268 g/mol. The predicted molar refractivity (Wildman–Crippen MR) is 72.3 cm³/mol. The maximum atomic E-state index is 11.0. The Balaban J connectivity index is 2.85. The third-order valence-electron chi connectivity index (χ3n) is 3.26. The van der Waals surface area contributed by atoms with Crippen LogP contribution in [0.5, 0.6) is 5.75 Å². The molecule has 0 heterocycles. The van der Waals surface area contributed by atoms with Gasteiger partial charge in [0, 0.05) is 0 Å². The Morgan fingerprint density at radius 2 is 1.78 bits per heavy atom. The third-order valence-corrected chi connectivity index (χ3v) is 7.38. The van der Waals surface area contributed by atoms with Gasteiger partial charge in [-0.05, 0) is 30.3 Å².